The van der Waals surface area contributed by atoms with Gasteiger partial charge in [0, 0.05) is 7.05 Å². The molecule has 4 bridgehead atoms. The second-order valence-electron chi connectivity index (χ2n) is 9.00. The molecule has 3 unspecified atom stereocenters. The van der Waals surface area contributed by atoms with Crippen molar-refractivity contribution < 1.29 is 0 Å². The van der Waals surface area contributed by atoms with Crippen LogP contribution in [0.15, 0.2) is 6.20 Å². The van der Waals surface area contributed by atoms with Crippen LogP contribution >= 0.6 is 0 Å². The van der Waals surface area contributed by atoms with E-state index in [1.165, 1.54) is 44.2 Å². The van der Waals surface area contributed by atoms with Crippen molar-refractivity contribution in [2.24, 2.45) is 29.2 Å². The standard InChI is InChI=1S/C17H28N4/c1-15-5-12-6-16(2,9-15)11-17(7-12,10-15)14(18-3)13-8-19-20-21(13)4/h8,12,14,18H,5-7,9-11H2,1-4H3. The van der Waals surface area contributed by atoms with E-state index in [4.69, 9.17) is 0 Å². The Balaban J connectivity index is 1.78. The van der Waals surface area contributed by atoms with Gasteiger partial charge in [0.15, 0.2) is 0 Å². The van der Waals surface area contributed by atoms with Crippen molar-refractivity contribution in [3.63, 3.8) is 0 Å². The van der Waals surface area contributed by atoms with Crippen molar-refractivity contribution >= 4 is 0 Å². The van der Waals surface area contributed by atoms with E-state index in [0.29, 0.717) is 22.3 Å². The molecule has 4 heteroatoms. The van der Waals surface area contributed by atoms with Crippen molar-refractivity contribution in [3.05, 3.63) is 11.9 Å². The molecule has 0 spiro atoms. The summed E-state index contributed by atoms with van der Waals surface area (Å²) in [4.78, 5) is 0. The van der Waals surface area contributed by atoms with E-state index in [1.54, 1.807) is 0 Å². The lowest BCUT2D eigenvalue weighted by molar-refractivity contribution is -0.158. The first-order valence-electron chi connectivity index (χ1n) is 8.39. The lowest BCUT2D eigenvalue weighted by atomic mass is 9.39. The van der Waals surface area contributed by atoms with Crippen LogP contribution < -0.4 is 5.32 Å². The predicted octanol–water partition coefficient (Wildman–Crippen LogP) is 3.07. The van der Waals surface area contributed by atoms with Gasteiger partial charge in [-0.05, 0) is 67.7 Å². The fourth-order valence-corrected chi connectivity index (χ4v) is 7.18. The Bertz CT molecular complexity index is 545. The molecule has 4 saturated carbocycles. The molecule has 4 nitrogen and oxygen atoms in total. The van der Waals surface area contributed by atoms with Gasteiger partial charge in [-0.25, -0.2) is 0 Å². The molecule has 4 aliphatic rings. The first kappa shape index (κ1) is 13.7. The van der Waals surface area contributed by atoms with Crippen LogP contribution in [0.5, 0.6) is 0 Å². The van der Waals surface area contributed by atoms with Gasteiger partial charge in [0.1, 0.15) is 0 Å². The van der Waals surface area contributed by atoms with E-state index in [1.807, 2.05) is 17.9 Å². The van der Waals surface area contributed by atoms with Gasteiger partial charge >= 0.3 is 0 Å². The van der Waals surface area contributed by atoms with Crippen LogP contribution in [-0.4, -0.2) is 22.0 Å². The maximum atomic E-state index is 4.17. The zero-order valence-corrected chi connectivity index (χ0v) is 13.8. The highest BCUT2D eigenvalue weighted by Gasteiger charge is 2.62. The lowest BCUT2D eigenvalue weighted by Gasteiger charge is -2.67. The number of nitrogens with zero attached hydrogens (tertiary/aromatic N) is 3. The van der Waals surface area contributed by atoms with E-state index >= 15 is 0 Å². The quantitative estimate of drug-likeness (QED) is 0.929. The van der Waals surface area contributed by atoms with Crippen molar-refractivity contribution in [1.29, 1.82) is 0 Å². The molecule has 4 aliphatic carbocycles. The molecule has 1 heterocycles. The monoisotopic (exact) mass is 288 g/mol. The van der Waals surface area contributed by atoms with Crippen LogP contribution in [0, 0.1) is 22.2 Å². The fraction of sp³-hybridized carbons (Fsp3) is 0.882. The zero-order valence-electron chi connectivity index (χ0n) is 13.8. The third-order valence-electron chi connectivity index (χ3n) is 6.62. The number of aromatic nitrogens is 3. The second-order valence-corrected chi connectivity index (χ2v) is 9.00. The van der Waals surface area contributed by atoms with Gasteiger partial charge in [-0.1, -0.05) is 19.1 Å². The summed E-state index contributed by atoms with van der Waals surface area (Å²) in [5.74, 6) is 0.924. The van der Waals surface area contributed by atoms with Gasteiger partial charge in [-0.3, -0.25) is 4.68 Å². The van der Waals surface area contributed by atoms with Crippen molar-refractivity contribution in [2.75, 3.05) is 7.05 Å². The molecule has 0 saturated heterocycles. The molecule has 1 N–H and O–H groups in total. The molecule has 0 amide bonds. The molecule has 0 aliphatic heterocycles. The predicted molar refractivity (Wildman–Crippen MR) is 82.6 cm³/mol. The average molecular weight is 288 g/mol. The van der Waals surface area contributed by atoms with E-state index in [9.17, 15) is 0 Å². The zero-order chi connectivity index (χ0) is 14.9. The highest BCUT2D eigenvalue weighted by Crippen LogP contribution is 2.72. The van der Waals surface area contributed by atoms with Gasteiger partial charge in [0.2, 0.25) is 0 Å². The van der Waals surface area contributed by atoms with Crippen molar-refractivity contribution in [1.82, 2.24) is 20.3 Å². The molecule has 0 radical (unpaired) electrons. The Hall–Kier alpha value is -0.900. The molecule has 1 aromatic rings. The summed E-state index contributed by atoms with van der Waals surface area (Å²) in [6.07, 6.45) is 10.4. The smallest absolute Gasteiger partial charge is 0.0758 e. The largest absolute Gasteiger partial charge is 0.311 e. The summed E-state index contributed by atoms with van der Waals surface area (Å²) in [5, 5.41) is 11.9. The van der Waals surface area contributed by atoms with Crippen LogP contribution in [0.25, 0.3) is 0 Å². The molecule has 0 aromatic carbocycles. The normalized spacial score (nSPS) is 46.0. The van der Waals surface area contributed by atoms with Crippen molar-refractivity contribution in [2.45, 2.75) is 58.4 Å². The van der Waals surface area contributed by atoms with Gasteiger partial charge in [0.25, 0.3) is 0 Å². The van der Waals surface area contributed by atoms with Crippen LogP contribution in [0.3, 0.4) is 0 Å². The second kappa shape index (κ2) is 4.09. The van der Waals surface area contributed by atoms with Crippen LogP contribution in [0.4, 0.5) is 0 Å². The van der Waals surface area contributed by atoms with E-state index < -0.39 is 0 Å². The topological polar surface area (TPSA) is 42.7 Å². The lowest BCUT2D eigenvalue weighted by Crippen LogP contribution is -2.58. The summed E-state index contributed by atoms with van der Waals surface area (Å²) in [7, 11) is 4.14. The molecule has 4 fully saturated rings. The minimum absolute atomic E-state index is 0.388. The number of hydrogen-bond donors (Lipinski definition) is 1. The van der Waals surface area contributed by atoms with E-state index in [-0.39, 0.29) is 0 Å². The highest BCUT2D eigenvalue weighted by atomic mass is 15.4. The minimum atomic E-state index is 0.388. The van der Waals surface area contributed by atoms with Crippen LogP contribution in [-0.2, 0) is 7.05 Å². The Morgan fingerprint density at radius 3 is 2.33 bits per heavy atom. The molecule has 116 valence electrons. The maximum Gasteiger partial charge on any atom is 0.0758 e. The first-order valence-corrected chi connectivity index (χ1v) is 8.39. The number of hydrogen-bond acceptors (Lipinski definition) is 3. The van der Waals surface area contributed by atoms with Gasteiger partial charge in [-0.15, -0.1) is 5.10 Å². The number of aryl methyl sites for hydroxylation is 1. The highest BCUT2D eigenvalue weighted by molar-refractivity contribution is 5.18. The van der Waals surface area contributed by atoms with Crippen LogP contribution in [0.1, 0.15) is 64.1 Å². The number of rotatable bonds is 3. The Kier molecular flexibility index (Phi) is 2.68. The third kappa shape index (κ3) is 1.91. The molecule has 21 heavy (non-hydrogen) atoms. The molecular formula is C17H28N4. The molecule has 1 aromatic heterocycles. The molecular weight excluding hydrogens is 260 g/mol. The third-order valence-corrected chi connectivity index (χ3v) is 6.62. The summed E-state index contributed by atoms with van der Waals surface area (Å²) in [6.45, 7) is 5.08. The summed E-state index contributed by atoms with van der Waals surface area (Å²) < 4.78 is 1.96. The Morgan fingerprint density at radius 2 is 1.86 bits per heavy atom. The van der Waals surface area contributed by atoms with Gasteiger partial charge in [-0.2, -0.15) is 0 Å². The number of nitrogens with one attached hydrogen (secondary N) is 1. The van der Waals surface area contributed by atoms with E-state index in [2.05, 4.69) is 36.5 Å². The average Bonchev–Trinajstić information content (AvgIpc) is 2.71. The SMILES string of the molecule is CNC(c1cnnn1C)C12CC3CC(C)(CC(C)(C3)C1)C2. The summed E-state index contributed by atoms with van der Waals surface area (Å²) >= 11 is 0. The molecule has 3 atom stereocenters. The summed E-state index contributed by atoms with van der Waals surface area (Å²) in [6, 6.07) is 0.388. The Morgan fingerprint density at radius 1 is 1.19 bits per heavy atom. The maximum absolute atomic E-state index is 4.17. The van der Waals surface area contributed by atoms with Crippen molar-refractivity contribution in [3.8, 4) is 0 Å². The summed E-state index contributed by atoms with van der Waals surface area (Å²) in [5.41, 5.74) is 2.75. The van der Waals surface area contributed by atoms with E-state index in [0.717, 1.165) is 5.92 Å². The Labute approximate surface area is 127 Å². The first-order chi connectivity index (χ1) is 9.87. The minimum Gasteiger partial charge on any atom is -0.311 e. The van der Waals surface area contributed by atoms with Gasteiger partial charge < -0.3 is 5.32 Å². The van der Waals surface area contributed by atoms with Crippen LogP contribution in [0.2, 0.25) is 0 Å². The fourth-order valence-electron chi connectivity index (χ4n) is 7.18. The van der Waals surface area contributed by atoms with Gasteiger partial charge in [0.05, 0.1) is 17.9 Å². The molecule has 5 rings (SSSR count).